The van der Waals surface area contributed by atoms with Gasteiger partial charge >= 0.3 is 6.15 Å². The molecule has 0 aliphatic rings. The maximum Gasteiger partial charge on any atom is 0.373 e. The quantitative estimate of drug-likeness (QED) is 0.858. The van der Waals surface area contributed by atoms with E-state index in [4.69, 9.17) is 9.59 Å². The largest absolute Gasteiger partial charge is 0.373 e. The van der Waals surface area contributed by atoms with Gasteiger partial charge < -0.3 is 0 Å². The number of nitrogens with zero attached hydrogens (tertiary/aromatic N) is 2. The minimum atomic E-state index is 0.250. The molecule has 0 aliphatic carbocycles. The van der Waals surface area contributed by atoms with Gasteiger partial charge in [-0.1, -0.05) is 11.8 Å². The number of carbonyl (C=O) groups excluding carboxylic acids is 2. The van der Waals surface area contributed by atoms with Crippen LogP contribution in [0, 0.1) is 0 Å². The van der Waals surface area contributed by atoms with E-state index in [9.17, 15) is 0 Å². The van der Waals surface area contributed by atoms with Crippen molar-refractivity contribution in [2.45, 2.75) is 14.8 Å². The molecular weight excluding hydrogens is 258 g/mol. The third-order valence-electron chi connectivity index (χ3n) is 1.67. The zero-order chi connectivity index (χ0) is 12.5. The lowest BCUT2D eigenvalue weighted by atomic mass is 10.4. The van der Waals surface area contributed by atoms with E-state index >= 15 is 0 Å². The minimum Gasteiger partial charge on any atom is -0.197 e. The highest BCUT2D eigenvalue weighted by molar-refractivity contribution is 7.99. The van der Waals surface area contributed by atoms with Gasteiger partial charge in [0.05, 0.1) is 6.20 Å². The van der Waals surface area contributed by atoms with Gasteiger partial charge in [0.2, 0.25) is 0 Å². The van der Waals surface area contributed by atoms with Crippen molar-refractivity contribution in [3.05, 3.63) is 30.5 Å². The van der Waals surface area contributed by atoms with Gasteiger partial charge in [-0.05, 0) is 30.5 Å². The molecule has 5 nitrogen and oxygen atoms in total. The number of benzene rings is 1. The summed E-state index contributed by atoms with van der Waals surface area (Å²) in [6, 6.07) is 8.39. The summed E-state index contributed by atoms with van der Waals surface area (Å²) in [5, 5.41) is 11.2. The number of thioether (sulfide) groups is 1. The number of H-pyrrole nitrogens is 1. The summed E-state index contributed by atoms with van der Waals surface area (Å²) in [4.78, 5) is 18.7. The van der Waals surface area contributed by atoms with Crippen LogP contribution in [-0.2, 0) is 9.59 Å². The Labute approximate surface area is 106 Å². The Bertz CT molecular complexity index is 465. The first kappa shape index (κ1) is 13.5. The smallest absolute Gasteiger partial charge is 0.197 e. The second-order valence-electron chi connectivity index (χ2n) is 2.67. The van der Waals surface area contributed by atoms with Crippen LogP contribution in [0.2, 0.25) is 0 Å². The van der Waals surface area contributed by atoms with Crippen molar-refractivity contribution in [1.29, 1.82) is 0 Å². The Balaban J connectivity index is 0.000000437. The molecule has 0 aliphatic heterocycles. The van der Waals surface area contributed by atoms with E-state index in [0.29, 0.717) is 0 Å². The molecule has 2 aromatic rings. The zero-order valence-corrected chi connectivity index (χ0v) is 10.5. The Morgan fingerprint density at radius 3 is 2.24 bits per heavy atom. The van der Waals surface area contributed by atoms with Crippen LogP contribution in [0.1, 0.15) is 0 Å². The second kappa shape index (κ2) is 7.67. The molecule has 0 radical (unpaired) electrons. The van der Waals surface area contributed by atoms with Crippen molar-refractivity contribution >= 4 is 29.7 Å². The number of rotatable bonds is 3. The molecule has 2 rings (SSSR count). The maximum atomic E-state index is 8.12. The van der Waals surface area contributed by atoms with Crippen molar-refractivity contribution in [2.75, 3.05) is 6.26 Å². The van der Waals surface area contributed by atoms with Crippen LogP contribution in [-0.4, -0.2) is 27.8 Å². The van der Waals surface area contributed by atoms with Gasteiger partial charge in [0, 0.05) is 9.79 Å². The van der Waals surface area contributed by atoms with Crippen LogP contribution in [0.15, 0.2) is 45.3 Å². The molecule has 7 heteroatoms. The van der Waals surface area contributed by atoms with E-state index in [1.807, 2.05) is 0 Å². The molecule has 0 fully saturated rings. The lowest BCUT2D eigenvalue weighted by Gasteiger charge is -1.98. The summed E-state index contributed by atoms with van der Waals surface area (Å²) in [6.45, 7) is 0. The first-order valence-electron chi connectivity index (χ1n) is 4.47. The molecule has 1 aromatic heterocycles. The first-order valence-corrected chi connectivity index (χ1v) is 6.51. The average molecular weight is 267 g/mol. The number of nitrogens with one attached hydrogen (secondary N) is 1. The standard InChI is InChI=1S/C9H9N3S2.CO2/c1-13-7-2-4-8(5-3-7)14-9-6-10-12-11-9;2-1-3/h2-6H,1H3,(H,10,11,12);. The van der Waals surface area contributed by atoms with Crippen LogP contribution < -0.4 is 0 Å². The lowest BCUT2D eigenvalue weighted by molar-refractivity contribution is -0.191. The molecule has 0 atom stereocenters. The highest BCUT2D eigenvalue weighted by atomic mass is 32.2. The van der Waals surface area contributed by atoms with Crippen molar-refractivity contribution in [1.82, 2.24) is 15.4 Å². The van der Waals surface area contributed by atoms with Gasteiger partial charge in [-0.2, -0.15) is 19.9 Å². The first-order chi connectivity index (χ1) is 8.30. The van der Waals surface area contributed by atoms with Crippen LogP contribution in [0.4, 0.5) is 0 Å². The summed E-state index contributed by atoms with van der Waals surface area (Å²) in [5.74, 6) is 0. The molecule has 1 heterocycles. The average Bonchev–Trinajstić information content (AvgIpc) is 2.84. The molecular formula is C10H9N3O2S2. The Morgan fingerprint density at radius 1 is 1.18 bits per heavy atom. The van der Waals surface area contributed by atoms with Gasteiger partial charge in [-0.25, -0.2) is 0 Å². The van der Waals surface area contributed by atoms with Gasteiger partial charge in [-0.15, -0.1) is 16.9 Å². The molecule has 0 bridgehead atoms. The van der Waals surface area contributed by atoms with Crippen molar-refractivity contribution in [3.8, 4) is 0 Å². The summed E-state index contributed by atoms with van der Waals surface area (Å²) < 4.78 is 0. The Hall–Kier alpha value is -1.56. The molecule has 0 unspecified atom stereocenters. The van der Waals surface area contributed by atoms with Gasteiger partial charge in [0.1, 0.15) is 5.03 Å². The van der Waals surface area contributed by atoms with Crippen molar-refractivity contribution in [2.24, 2.45) is 0 Å². The summed E-state index contributed by atoms with van der Waals surface area (Å²) in [5.41, 5.74) is 0. The maximum absolute atomic E-state index is 8.12. The van der Waals surface area contributed by atoms with Crippen LogP contribution in [0.25, 0.3) is 0 Å². The molecule has 0 spiro atoms. The SMILES string of the molecule is CSc1ccc(Sc2cn[nH]n2)cc1.O=C=O. The predicted octanol–water partition coefficient (Wildman–Crippen LogP) is 2.09. The number of aromatic nitrogens is 3. The predicted molar refractivity (Wildman–Crippen MR) is 63.7 cm³/mol. The Kier molecular flexibility index (Phi) is 6.09. The molecule has 88 valence electrons. The number of hydrogen-bond donors (Lipinski definition) is 1. The molecule has 1 N–H and O–H groups in total. The van der Waals surface area contributed by atoms with E-state index in [0.717, 1.165) is 5.03 Å². The molecule has 17 heavy (non-hydrogen) atoms. The third kappa shape index (κ3) is 4.86. The fraction of sp³-hybridized carbons (Fsp3) is 0.100. The van der Waals surface area contributed by atoms with E-state index in [-0.39, 0.29) is 6.15 Å². The zero-order valence-electron chi connectivity index (χ0n) is 8.91. The normalized spacial score (nSPS) is 9.00. The van der Waals surface area contributed by atoms with Crippen LogP contribution in [0.3, 0.4) is 0 Å². The highest BCUT2D eigenvalue weighted by Crippen LogP contribution is 2.26. The fourth-order valence-electron chi connectivity index (χ4n) is 1.00. The fourth-order valence-corrected chi connectivity index (χ4v) is 2.12. The summed E-state index contributed by atoms with van der Waals surface area (Å²) in [6.07, 6.45) is 4.03. The van der Waals surface area contributed by atoms with Crippen LogP contribution in [0.5, 0.6) is 0 Å². The third-order valence-corrected chi connectivity index (χ3v) is 3.33. The number of aromatic amines is 1. The van der Waals surface area contributed by atoms with Crippen molar-refractivity contribution < 1.29 is 9.59 Å². The molecule has 0 saturated carbocycles. The van der Waals surface area contributed by atoms with Gasteiger partial charge in [-0.3, -0.25) is 0 Å². The molecule has 0 saturated heterocycles. The number of hydrogen-bond acceptors (Lipinski definition) is 6. The molecule has 1 aromatic carbocycles. The second-order valence-corrected chi connectivity index (χ2v) is 4.64. The van der Waals surface area contributed by atoms with Gasteiger partial charge in [0.25, 0.3) is 0 Å². The highest BCUT2D eigenvalue weighted by Gasteiger charge is 1.99. The molecule has 0 amide bonds. The van der Waals surface area contributed by atoms with E-state index in [1.165, 1.54) is 9.79 Å². The lowest BCUT2D eigenvalue weighted by Crippen LogP contribution is -1.74. The van der Waals surface area contributed by atoms with E-state index in [1.54, 1.807) is 29.7 Å². The summed E-state index contributed by atoms with van der Waals surface area (Å²) >= 11 is 3.34. The monoisotopic (exact) mass is 267 g/mol. The summed E-state index contributed by atoms with van der Waals surface area (Å²) in [7, 11) is 0. The topological polar surface area (TPSA) is 75.7 Å². The minimum absolute atomic E-state index is 0.250. The Morgan fingerprint density at radius 2 is 1.76 bits per heavy atom. The van der Waals surface area contributed by atoms with E-state index in [2.05, 4.69) is 45.9 Å². The van der Waals surface area contributed by atoms with E-state index < -0.39 is 0 Å². The van der Waals surface area contributed by atoms with Gasteiger partial charge in [0.15, 0.2) is 0 Å². The van der Waals surface area contributed by atoms with Crippen LogP contribution >= 0.6 is 23.5 Å². The van der Waals surface area contributed by atoms with Crippen molar-refractivity contribution in [3.63, 3.8) is 0 Å².